The van der Waals surface area contributed by atoms with Crippen LogP contribution in [0.3, 0.4) is 0 Å². The van der Waals surface area contributed by atoms with E-state index >= 15 is 0 Å². The monoisotopic (exact) mass is 374 g/mol. The van der Waals surface area contributed by atoms with Crippen LogP contribution in [0.5, 0.6) is 0 Å². The van der Waals surface area contributed by atoms with Crippen LogP contribution in [-0.2, 0) is 9.84 Å². The topological polar surface area (TPSA) is 86.6 Å². The van der Waals surface area contributed by atoms with Crippen molar-refractivity contribution in [3.63, 3.8) is 0 Å². The van der Waals surface area contributed by atoms with Gasteiger partial charge in [0.05, 0.1) is 23.7 Å². The average Bonchev–Trinajstić information content (AvgIpc) is 2.95. The third-order valence-electron chi connectivity index (χ3n) is 5.07. The molecule has 4 rings (SSSR count). The highest BCUT2D eigenvalue weighted by Crippen LogP contribution is 2.23. The van der Waals surface area contributed by atoms with E-state index in [2.05, 4.69) is 19.8 Å². The molecule has 26 heavy (non-hydrogen) atoms. The van der Waals surface area contributed by atoms with Crippen LogP contribution < -0.4 is 4.90 Å². The van der Waals surface area contributed by atoms with E-state index in [4.69, 9.17) is 0 Å². The maximum absolute atomic E-state index is 11.7. The second-order valence-corrected chi connectivity index (χ2v) is 8.99. The van der Waals surface area contributed by atoms with Crippen LogP contribution in [0, 0.1) is 0 Å². The highest BCUT2D eigenvalue weighted by molar-refractivity contribution is 7.91. The summed E-state index contributed by atoms with van der Waals surface area (Å²) in [5, 5.41) is 10.1. The van der Waals surface area contributed by atoms with Gasteiger partial charge in [-0.05, 0) is 6.07 Å². The van der Waals surface area contributed by atoms with Crippen LogP contribution in [0.2, 0.25) is 0 Å². The number of aliphatic hydroxyl groups excluding tert-OH is 1. The Labute approximate surface area is 153 Å². The highest BCUT2D eigenvalue weighted by Gasteiger charge is 2.40. The number of benzene rings is 1. The van der Waals surface area contributed by atoms with Crippen LogP contribution in [0.15, 0.2) is 42.6 Å². The first-order chi connectivity index (χ1) is 12.5. The molecule has 2 aliphatic heterocycles. The van der Waals surface area contributed by atoms with Gasteiger partial charge >= 0.3 is 0 Å². The van der Waals surface area contributed by atoms with Crippen molar-refractivity contribution in [2.45, 2.75) is 12.1 Å². The molecule has 0 radical (unpaired) electrons. The molecule has 1 aromatic carbocycles. The number of hydrogen-bond donors (Lipinski definition) is 1. The molecule has 0 amide bonds. The van der Waals surface area contributed by atoms with Crippen molar-refractivity contribution in [1.29, 1.82) is 0 Å². The van der Waals surface area contributed by atoms with E-state index in [9.17, 15) is 13.5 Å². The molecule has 2 saturated heterocycles. The predicted molar refractivity (Wildman–Crippen MR) is 99.7 cm³/mol. The molecular weight excluding hydrogens is 352 g/mol. The van der Waals surface area contributed by atoms with Gasteiger partial charge in [0.25, 0.3) is 0 Å². The van der Waals surface area contributed by atoms with Gasteiger partial charge in [-0.3, -0.25) is 4.90 Å². The Hall–Kier alpha value is -2.03. The zero-order valence-electron chi connectivity index (χ0n) is 14.4. The maximum Gasteiger partial charge on any atom is 0.161 e. The first kappa shape index (κ1) is 17.4. The van der Waals surface area contributed by atoms with E-state index in [0.29, 0.717) is 18.9 Å². The Morgan fingerprint density at radius 1 is 1.00 bits per heavy atom. The molecule has 1 aromatic heterocycles. The molecule has 0 spiro atoms. The van der Waals surface area contributed by atoms with Crippen LogP contribution >= 0.6 is 0 Å². The number of anilines is 1. The van der Waals surface area contributed by atoms with Gasteiger partial charge < -0.3 is 10.0 Å². The van der Waals surface area contributed by atoms with E-state index in [-0.39, 0.29) is 17.5 Å². The van der Waals surface area contributed by atoms with Crippen molar-refractivity contribution in [3.8, 4) is 11.4 Å². The fourth-order valence-corrected chi connectivity index (χ4v) is 5.53. The summed E-state index contributed by atoms with van der Waals surface area (Å²) in [6, 6.07) is 11.5. The summed E-state index contributed by atoms with van der Waals surface area (Å²) in [5.74, 6) is 1.50. The van der Waals surface area contributed by atoms with E-state index in [0.717, 1.165) is 24.5 Å². The van der Waals surface area contributed by atoms with Crippen LogP contribution in [-0.4, -0.2) is 78.2 Å². The van der Waals surface area contributed by atoms with Crippen molar-refractivity contribution >= 4 is 15.7 Å². The zero-order valence-corrected chi connectivity index (χ0v) is 15.2. The van der Waals surface area contributed by atoms with Crippen LogP contribution in [0.25, 0.3) is 11.4 Å². The molecule has 3 heterocycles. The van der Waals surface area contributed by atoms with Gasteiger partial charge in [-0.25, -0.2) is 18.4 Å². The summed E-state index contributed by atoms with van der Waals surface area (Å²) >= 11 is 0. The van der Waals surface area contributed by atoms with Gasteiger partial charge in [-0.1, -0.05) is 30.3 Å². The number of sulfone groups is 1. The molecule has 8 heteroatoms. The number of aliphatic hydroxyl groups is 1. The van der Waals surface area contributed by atoms with Crippen molar-refractivity contribution < 1.29 is 13.5 Å². The van der Waals surface area contributed by atoms with Crippen LogP contribution in [0.1, 0.15) is 0 Å². The molecule has 2 aliphatic rings. The molecule has 138 valence electrons. The zero-order chi connectivity index (χ0) is 18.1. The number of hydrogen-bond acceptors (Lipinski definition) is 7. The fourth-order valence-electron chi connectivity index (χ4n) is 3.69. The van der Waals surface area contributed by atoms with Crippen molar-refractivity contribution in [2.24, 2.45) is 0 Å². The SMILES string of the molecule is O=S1(=O)C[C@@H](O)[C@@H](N2CCN(c3ccnc(-c4ccccc4)n3)CC2)C1. The number of aromatic nitrogens is 2. The van der Waals surface area contributed by atoms with Gasteiger partial charge in [-0.15, -0.1) is 0 Å². The van der Waals surface area contributed by atoms with E-state index in [1.54, 1.807) is 6.20 Å². The molecule has 2 aromatic rings. The largest absolute Gasteiger partial charge is 0.390 e. The molecule has 1 N–H and O–H groups in total. The first-order valence-electron chi connectivity index (χ1n) is 8.78. The van der Waals surface area contributed by atoms with E-state index < -0.39 is 15.9 Å². The summed E-state index contributed by atoms with van der Waals surface area (Å²) in [5.41, 5.74) is 0.979. The highest BCUT2D eigenvalue weighted by atomic mass is 32.2. The molecule has 0 saturated carbocycles. The lowest BCUT2D eigenvalue weighted by Crippen LogP contribution is -2.53. The Balaban J connectivity index is 1.44. The second-order valence-electron chi connectivity index (χ2n) is 6.84. The fraction of sp³-hybridized carbons (Fsp3) is 0.444. The molecule has 2 fully saturated rings. The lowest BCUT2D eigenvalue weighted by molar-refractivity contribution is 0.0792. The lowest BCUT2D eigenvalue weighted by atomic mass is 10.1. The van der Waals surface area contributed by atoms with Gasteiger partial charge in [0.15, 0.2) is 15.7 Å². The molecule has 0 aliphatic carbocycles. The summed E-state index contributed by atoms with van der Waals surface area (Å²) in [6.07, 6.45) is 0.986. The number of piperazine rings is 1. The van der Waals surface area contributed by atoms with Gasteiger partial charge in [0, 0.05) is 37.9 Å². The Morgan fingerprint density at radius 3 is 2.38 bits per heavy atom. The smallest absolute Gasteiger partial charge is 0.161 e. The predicted octanol–water partition coefficient (Wildman–Crippen LogP) is 0.423. The molecular formula is C18H22N4O3S. The molecule has 2 atom stereocenters. The quantitative estimate of drug-likeness (QED) is 0.833. The van der Waals surface area contributed by atoms with Gasteiger partial charge in [0.2, 0.25) is 0 Å². The van der Waals surface area contributed by atoms with Crippen LogP contribution in [0.4, 0.5) is 5.82 Å². The average molecular weight is 374 g/mol. The van der Waals surface area contributed by atoms with Gasteiger partial charge in [-0.2, -0.15) is 0 Å². The number of nitrogens with zero attached hydrogens (tertiary/aromatic N) is 4. The summed E-state index contributed by atoms with van der Waals surface area (Å²) in [6.45, 7) is 2.91. The minimum absolute atomic E-state index is 0.0554. The third kappa shape index (κ3) is 3.58. The summed E-state index contributed by atoms with van der Waals surface area (Å²) in [4.78, 5) is 13.3. The number of rotatable bonds is 3. The Morgan fingerprint density at radius 2 is 1.73 bits per heavy atom. The first-order valence-corrected chi connectivity index (χ1v) is 10.6. The normalized spacial score (nSPS) is 26.1. The molecule has 0 bridgehead atoms. The summed E-state index contributed by atoms with van der Waals surface area (Å²) in [7, 11) is -3.12. The minimum Gasteiger partial charge on any atom is -0.390 e. The maximum atomic E-state index is 11.7. The summed E-state index contributed by atoms with van der Waals surface area (Å²) < 4.78 is 23.5. The van der Waals surface area contributed by atoms with Crippen molar-refractivity contribution in [1.82, 2.24) is 14.9 Å². The molecule has 7 nitrogen and oxygen atoms in total. The van der Waals surface area contributed by atoms with E-state index in [1.807, 2.05) is 36.4 Å². The Bertz CT molecular complexity index is 867. The van der Waals surface area contributed by atoms with Crippen molar-refractivity contribution in [3.05, 3.63) is 42.6 Å². The van der Waals surface area contributed by atoms with Gasteiger partial charge in [0.1, 0.15) is 5.82 Å². The second kappa shape index (κ2) is 6.94. The lowest BCUT2D eigenvalue weighted by Gasteiger charge is -2.39. The minimum atomic E-state index is -3.12. The third-order valence-corrected chi connectivity index (χ3v) is 6.77. The van der Waals surface area contributed by atoms with Crippen molar-refractivity contribution in [2.75, 3.05) is 42.6 Å². The van der Waals surface area contributed by atoms with E-state index in [1.165, 1.54) is 0 Å². The molecule has 0 unspecified atom stereocenters. The Kier molecular flexibility index (Phi) is 4.64. The standard InChI is InChI=1S/C18H22N4O3S/c23-16-13-26(24,25)12-15(16)21-8-10-22(11-9-21)17-6-7-19-18(20-17)14-4-2-1-3-5-14/h1-7,15-16,23H,8-13H2/t15-,16+/m0/s1.